The number of esters is 1. The van der Waals surface area contributed by atoms with Gasteiger partial charge in [0.25, 0.3) is 0 Å². The lowest BCUT2D eigenvalue weighted by atomic mass is 9.93. The van der Waals surface area contributed by atoms with Gasteiger partial charge >= 0.3 is 5.97 Å². The molecule has 0 fully saturated rings. The van der Waals surface area contributed by atoms with Crippen LogP contribution in [0.15, 0.2) is 28.8 Å². The predicted molar refractivity (Wildman–Crippen MR) is 114 cm³/mol. The molecule has 8 heteroatoms. The second-order valence-electron chi connectivity index (χ2n) is 7.92. The van der Waals surface area contributed by atoms with Crippen molar-refractivity contribution >= 4 is 5.97 Å². The number of aryl methyl sites for hydroxylation is 2. The van der Waals surface area contributed by atoms with Gasteiger partial charge in [-0.1, -0.05) is 29.4 Å². The molecule has 3 N–H and O–H groups in total. The Hall–Kier alpha value is -3.26. The number of carbonyl (C=O) groups excluding carboxylic acids is 1. The van der Waals surface area contributed by atoms with Gasteiger partial charge in [-0.2, -0.15) is 0 Å². The van der Waals surface area contributed by atoms with Crippen LogP contribution < -0.4 is 5.32 Å². The molecule has 2 aromatic heterocycles. The lowest BCUT2D eigenvalue weighted by molar-refractivity contribution is -0.150. The van der Waals surface area contributed by atoms with Crippen LogP contribution >= 0.6 is 0 Å². The van der Waals surface area contributed by atoms with Crippen LogP contribution in [0.5, 0.6) is 11.8 Å². The van der Waals surface area contributed by atoms with Gasteiger partial charge in [0, 0.05) is 17.7 Å². The van der Waals surface area contributed by atoms with Gasteiger partial charge in [-0.25, -0.2) is 4.79 Å². The summed E-state index contributed by atoms with van der Waals surface area (Å²) in [7, 11) is 0. The number of rotatable bonds is 5. The maximum Gasteiger partial charge on any atom is 0.330 e. The average Bonchev–Trinajstić information content (AvgIpc) is 3.34. The lowest BCUT2D eigenvalue weighted by Crippen LogP contribution is -2.44. The largest absolute Gasteiger partial charge is 0.494 e. The molecule has 2 atom stereocenters. The molecule has 2 unspecified atom stereocenters. The van der Waals surface area contributed by atoms with Gasteiger partial charge in [-0.05, 0) is 45.7 Å². The van der Waals surface area contributed by atoms with Gasteiger partial charge in [0.1, 0.15) is 11.3 Å². The lowest BCUT2D eigenvalue weighted by Gasteiger charge is -2.26. The van der Waals surface area contributed by atoms with Gasteiger partial charge in [0.15, 0.2) is 11.8 Å². The van der Waals surface area contributed by atoms with E-state index < -0.39 is 17.6 Å². The minimum absolute atomic E-state index is 0.0599. The fraction of sp³-hybridized carbons (Fsp3) is 0.391. The molecule has 0 amide bonds. The van der Waals surface area contributed by atoms with Gasteiger partial charge in [0.2, 0.25) is 0 Å². The van der Waals surface area contributed by atoms with E-state index in [9.17, 15) is 15.0 Å². The molecule has 0 saturated carbocycles. The molecule has 0 bridgehead atoms. The molecule has 31 heavy (non-hydrogen) atoms. The summed E-state index contributed by atoms with van der Waals surface area (Å²) in [4.78, 5) is 12.8. The fourth-order valence-corrected chi connectivity index (χ4v) is 4.54. The first-order valence-corrected chi connectivity index (χ1v) is 10.4. The molecule has 0 aliphatic carbocycles. The number of benzene rings is 1. The molecule has 4 rings (SSSR count). The molecular formula is C23H27N3O5. The van der Waals surface area contributed by atoms with Crippen molar-refractivity contribution in [2.45, 2.75) is 52.7 Å². The third kappa shape index (κ3) is 3.01. The fourth-order valence-electron chi connectivity index (χ4n) is 4.54. The Morgan fingerprint density at radius 3 is 2.45 bits per heavy atom. The molecule has 0 radical (unpaired) electrons. The first kappa shape index (κ1) is 21.0. The second kappa shape index (κ2) is 7.46. The number of carbonyl (C=O) groups is 1. The molecule has 1 aliphatic heterocycles. The molecule has 164 valence electrons. The normalized spacial score (nSPS) is 20.1. The molecule has 1 aliphatic rings. The van der Waals surface area contributed by atoms with Crippen LogP contribution in [0.1, 0.15) is 55.0 Å². The molecule has 0 spiro atoms. The number of nitrogens with zero attached hydrogens (tertiary/aromatic N) is 2. The number of aromatic hydroxyl groups is 2. The Balaban J connectivity index is 1.81. The molecule has 8 nitrogen and oxygen atoms in total. The van der Waals surface area contributed by atoms with E-state index in [4.69, 9.17) is 9.26 Å². The molecule has 0 saturated heterocycles. The summed E-state index contributed by atoms with van der Waals surface area (Å²) < 4.78 is 11.9. The van der Waals surface area contributed by atoms with E-state index in [2.05, 4.69) is 10.5 Å². The highest BCUT2D eigenvalue weighted by Gasteiger charge is 2.52. The predicted octanol–water partition coefficient (Wildman–Crippen LogP) is 3.66. The van der Waals surface area contributed by atoms with Gasteiger partial charge in [-0.3, -0.25) is 9.88 Å². The summed E-state index contributed by atoms with van der Waals surface area (Å²) in [5.41, 5.74) is 3.10. The number of aromatic nitrogens is 2. The van der Waals surface area contributed by atoms with Gasteiger partial charge in [0.05, 0.1) is 23.9 Å². The Morgan fingerprint density at radius 1 is 1.23 bits per heavy atom. The highest BCUT2D eigenvalue weighted by atomic mass is 16.5. The van der Waals surface area contributed by atoms with Crippen molar-refractivity contribution < 1.29 is 24.3 Å². The number of hydrogen-bond donors (Lipinski definition) is 3. The SMILES string of the molecule is CCOC(=O)C1(C)NC(c2ccc(-c3c(C)noc3C)cc2)c2c1c(O)n(CC)c2O. The summed E-state index contributed by atoms with van der Waals surface area (Å²) in [5, 5.41) is 29.0. The smallest absolute Gasteiger partial charge is 0.330 e. The van der Waals surface area contributed by atoms with E-state index in [-0.39, 0.29) is 18.4 Å². The van der Waals surface area contributed by atoms with Crippen LogP contribution in [-0.2, 0) is 21.6 Å². The van der Waals surface area contributed by atoms with Crippen molar-refractivity contribution in [3.8, 4) is 22.9 Å². The minimum atomic E-state index is -1.29. The summed E-state index contributed by atoms with van der Waals surface area (Å²) in [5.74, 6) is 0.0434. The van der Waals surface area contributed by atoms with Crippen LogP contribution in [0, 0.1) is 13.8 Å². The van der Waals surface area contributed by atoms with Crippen molar-refractivity contribution in [1.82, 2.24) is 15.0 Å². The maximum absolute atomic E-state index is 12.8. The van der Waals surface area contributed by atoms with Crippen molar-refractivity contribution in [3.05, 3.63) is 52.4 Å². The zero-order valence-electron chi connectivity index (χ0n) is 18.3. The van der Waals surface area contributed by atoms with Crippen molar-refractivity contribution in [2.24, 2.45) is 0 Å². The second-order valence-corrected chi connectivity index (χ2v) is 7.92. The van der Waals surface area contributed by atoms with Crippen LogP contribution in [0.25, 0.3) is 11.1 Å². The Kier molecular flexibility index (Phi) is 5.05. The first-order valence-electron chi connectivity index (χ1n) is 10.4. The van der Waals surface area contributed by atoms with Crippen molar-refractivity contribution in [3.63, 3.8) is 0 Å². The maximum atomic E-state index is 12.8. The van der Waals surface area contributed by atoms with Gasteiger partial charge < -0.3 is 19.5 Å². The summed E-state index contributed by atoms with van der Waals surface area (Å²) in [6.45, 7) is 9.55. The number of nitrogens with one attached hydrogen (secondary N) is 1. The van der Waals surface area contributed by atoms with E-state index in [0.717, 1.165) is 28.1 Å². The quantitative estimate of drug-likeness (QED) is 0.535. The number of hydrogen-bond acceptors (Lipinski definition) is 7. The summed E-state index contributed by atoms with van der Waals surface area (Å²) >= 11 is 0. The summed E-state index contributed by atoms with van der Waals surface area (Å²) in [6.07, 6.45) is 0. The molecular weight excluding hydrogens is 398 g/mol. The van der Waals surface area contributed by atoms with Crippen LogP contribution in [-0.4, -0.2) is 32.5 Å². The first-order chi connectivity index (χ1) is 14.7. The van der Waals surface area contributed by atoms with Crippen LogP contribution in [0.3, 0.4) is 0 Å². The van der Waals surface area contributed by atoms with Crippen molar-refractivity contribution in [1.29, 1.82) is 0 Å². The zero-order valence-corrected chi connectivity index (χ0v) is 18.3. The molecule has 3 aromatic rings. The highest BCUT2D eigenvalue weighted by molar-refractivity contribution is 5.86. The third-order valence-corrected chi connectivity index (χ3v) is 6.03. The number of ether oxygens (including phenoxy) is 1. The monoisotopic (exact) mass is 425 g/mol. The van der Waals surface area contributed by atoms with E-state index >= 15 is 0 Å². The molecule has 1 aromatic carbocycles. The topological polar surface area (TPSA) is 110 Å². The van der Waals surface area contributed by atoms with Crippen LogP contribution in [0.2, 0.25) is 0 Å². The van der Waals surface area contributed by atoms with Gasteiger partial charge in [-0.15, -0.1) is 0 Å². The van der Waals surface area contributed by atoms with Crippen LogP contribution in [0.4, 0.5) is 0 Å². The summed E-state index contributed by atoms with van der Waals surface area (Å²) in [6, 6.07) is 7.27. The average molecular weight is 425 g/mol. The zero-order chi connectivity index (χ0) is 22.5. The van der Waals surface area contributed by atoms with E-state index in [0.29, 0.717) is 17.7 Å². The van der Waals surface area contributed by atoms with Crippen molar-refractivity contribution in [2.75, 3.05) is 6.61 Å². The standard InChI is InChI=1S/C23H27N3O5/c1-6-26-20(27)17-18(21(26)28)23(5,22(29)30-7-2)24-19(17)15-10-8-14(9-11-15)16-12(3)25-31-13(16)4/h8-11,19,24,27-28H,6-7H2,1-5H3. The molecule has 3 heterocycles. The van der Waals surface area contributed by atoms with E-state index in [1.54, 1.807) is 13.8 Å². The highest BCUT2D eigenvalue weighted by Crippen LogP contribution is 2.51. The van der Waals surface area contributed by atoms with E-state index in [1.807, 2.05) is 45.0 Å². The third-order valence-electron chi connectivity index (χ3n) is 6.03. The number of fused-ring (bicyclic) bond motifs is 1. The Bertz CT molecular complexity index is 1130. The Morgan fingerprint density at radius 2 is 1.90 bits per heavy atom. The Labute approximate surface area is 180 Å². The van der Waals surface area contributed by atoms with E-state index in [1.165, 1.54) is 4.57 Å². The minimum Gasteiger partial charge on any atom is -0.494 e.